The van der Waals surface area contributed by atoms with Gasteiger partial charge in [-0.2, -0.15) is 0 Å². The molecule has 0 saturated carbocycles. The van der Waals surface area contributed by atoms with E-state index in [9.17, 15) is 28.8 Å². The molecule has 14 nitrogen and oxygen atoms in total. The number of aliphatic hydroxyl groups excluding tert-OH is 1. The van der Waals surface area contributed by atoms with Gasteiger partial charge < -0.3 is 42.7 Å². The Morgan fingerprint density at radius 1 is 0.929 bits per heavy atom. The second kappa shape index (κ2) is 12.2. The maximum absolute atomic E-state index is 12.1. The zero-order valence-corrected chi connectivity index (χ0v) is 14.7. The first kappa shape index (κ1) is 24.7. The fraction of sp³-hybridized carbons (Fsp3) is 0.571. The number of hydrogen-bond donors (Lipinski definition) is 8. The normalized spacial score (nSPS) is 13.5. The number of carbonyl (C=O) groups is 6. The van der Waals surface area contributed by atoms with Crippen LogP contribution in [0.3, 0.4) is 0 Å². The van der Waals surface area contributed by atoms with Crippen molar-refractivity contribution in [1.82, 2.24) is 16.0 Å². The predicted octanol–water partition coefficient (Wildman–Crippen LogP) is -4.78. The smallest absolute Gasteiger partial charge is 0.328 e. The van der Waals surface area contributed by atoms with E-state index in [0.717, 1.165) is 0 Å². The molecule has 0 saturated heterocycles. The molecule has 0 fully saturated rings. The average molecular weight is 405 g/mol. The van der Waals surface area contributed by atoms with Gasteiger partial charge in [-0.25, -0.2) is 4.79 Å². The van der Waals surface area contributed by atoms with Crippen LogP contribution in [0.2, 0.25) is 0 Å². The summed E-state index contributed by atoms with van der Waals surface area (Å²) in [4.78, 5) is 67.9. The van der Waals surface area contributed by atoms with Crippen LogP contribution in [0.1, 0.15) is 19.3 Å². The number of aliphatic carboxylic acids is 2. The third-order valence-corrected chi connectivity index (χ3v) is 3.28. The minimum absolute atomic E-state index is 0.216. The number of carboxylic acids is 2. The number of nitrogens with one attached hydrogen (secondary N) is 3. The number of rotatable bonds is 13. The highest BCUT2D eigenvalue weighted by Gasteiger charge is 2.26. The summed E-state index contributed by atoms with van der Waals surface area (Å²) in [5.74, 6) is -6.45. The summed E-state index contributed by atoms with van der Waals surface area (Å²) in [7, 11) is 0. The minimum atomic E-state index is -1.57. The van der Waals surface area contributed by atoms with E-state index in [1.807, 2.05) is 5.32 Å². The van der Waals surface area contributed by atoms with E-state index in [0.29, 0.717) is 0 Å². The van der Waals surface area contributed by atoms with Gasteiger partial charge in [0.15, 0.2) is 0 Å². The fourth-order valence-electron chi connectivity index (χ4n) is 1.82. The standard InChI is InChI=1S/C14H23N5O9/c15-6(1-2-11(23)24)12(25)19-7(3-9(16)21)13(26)17-4-10(22)18-8(5-20)14(27)28/h6-8,20H,1-5,15H2,(H2,16,21)(H,17,26)(H,18,22)(H,19,25)(H,23,24)(H,27,28). The molecule has 3 atom stereocenters. The lowest BCUT2D eigenvalue weighted by Crippen LogP contribution is -2.54. The summed E-state index contributed by atoms with van der Waals surface area (Å²) in [5, 5.41) is 32.2. The largest absolute Gasteiger partial charge is 0.481 e. The fourth-order valence-corrected chi connectivity index (χ4v) is 1.82. The average Bonchev–Trinajstić information content (AvgIpc) is 2.60. The molecular formula is C14H23N5O9. The van der Waals surface area contributed by atoms with Gasteiger partial charge in [0.05, 0.1) is 25.6 Å². The molecule has 0 bridgehead atoms. The van der Waals surface area contributed by atoms with Crippen LogP contribution < -0.4 is 27.4 Å². The topological polar surface area (TPSA) is 251 Å². The Balaban J connectivity index is 4.78. The van der Waals surface area contributed by atoms with E-state index in [1.165, 1.54) is 0 Å². The molecule has 0 rings (SSSR count). The lowest BCUT2D eigenvalue weighted by Gasteiger charge is -2.19. The van der Waals surface area contributed by atoms with Crippen molar-refractivity contribution in [3.8, 4) is 0 Å². The molecule has 0 aliphatic rings. The SMILES string of the molecule is NC(=O)CC(NC(=O)C(N)CCC(=O)O)C(=O)NCC(=O)NC(CO)C(=O)O. The van der Waals surface area contributed by atoms with Gasteiger partial charge in [-0.15, -0.1) is 0 Å². The molecule has 0 aliphatic carbocycles. The van der Waals surface area contributed by atoms with Gasteiger partial charge in [-0.05, 0) is 6.42 Å². The molecule has 158 valence electrons. The number of amides is 4. The van der Waals surface area contributed by atoms with Gasteiger partial charge in [0.2, 0.25) is 23.6 Å². The maximum Gasteiger partial charge on any atom is 0.328 e. The Morgan fingerprint density at radius 2 is 1.54 bits per heavy atom. The van der Waals surface area contributed by atoms with Gasteiger partial charge in [0, 0.05) is 6.42 Å². The molecule has 14 heteroatoms. The van der Waals surface area contributed by atoms with Crippen molar-refractivity contribution in [3.05, 3.63) is 0 Å². The number of carbonyl (C=O) groups excluding carboxylic acids is 4. The van der Waals surface area contributed by atoms with Crippen LogP contribution >= 0.6 is 0 Å². The molecule has 0 aromatic heterocycles. The van der Waals surface area contributed by atoms with Gasteiger partial charge in [-0.3, -0.25) is 24.0 Å². The number of primary amides is 1. The van der Waals surface area contributed by atoms with Gasteiger partial charge >= 0.3 is 11.9 Å². The Labute approximate surface area is 158 Å². The van der Waals surface area contributed by atoms with Crippen LogP contribution in [0.25, 0.3) is 0 Å². The van der Waals surface area contributed by atoms with Crippen molar-refractivity contribution in [2.75, 3.05) is 13.2 Å². The van der Waals surface area contributed by atoms with Crippen molar-refractivity contribution < 1.29 is 44.1 Å². The van der Waals surface area contributed by atoms with Crippen LogP contribution in [0.5, 0.6) is 0 Å². The van der Waals surface area contributed by atoms with Gasteiger partial charge in [0.25, 0.3) is 0 Å². The van der Waals surface area contributed by atoms with E-state index < -0.39 is 79.7 Å². The van der Waals surface area contributed by atoms with Crippen LogP contribution in [-0.4, -0.2) is 82.2 Å². The third-order valence-electron chi connectivity index (χ3n) is 3.28. The van der Waals surface area contributed by atoms with Crippen molar-refractivity contribution in [2.45, 2.75) is 37.4 Å². The monoisotopic (exact) mass is 405 g/mol. The number of nitrogens with two attached hydrogens (primary N) is 2. The second-order valence-corrected chi connectivity index (χ2v) is 5.63. The van der Waals surface area contributed by atoms with Gasteiger partial charge in [-0.1, -0.05) is 0 Å². The first-order valence-corrected chi connectivity index (χ1v) is 7.94. The summed E-state index contributed by atoms with van der Waals surface area (Å²) in [6.45, 7) is -1.58. The van der Waals surface area contributed by atoms with Crippen molar-refractivity contribution >= 4 is 35.6 Å². The molecular weight excluding hydrogens is 382 g/mol. The Bertz CT molecular complexity index is 624. The Morgan fingerprint density at radius 3 is 2.00 bits per heavy atom. The Hall–Kier alpha value is -3.26. The summed E-state index contributed by atoms with van der Waals surface area (Å²) in [6.07, 6.45) is -1.23. The summed E-state index contributed by atoms with van der Waals surface area (Å²) >= 11 is 0. The third kappa shape index (κ3) is 10.0. The van der Waals surface area contributed by atoms with Gasteiger partial charge in [0.1, 0.15) is 12.1 Å². The molecule has 0 heterocycles. The summed E-state index contributed by atoms with van der Waals surface area (Å²) in [6, 6.07) is -4.32. The number of aliphatic hydroxyl groups is 1. The zero-order valence-electron chi connectivity index (χ0n) is 14.7. The number of carboxylic acid groups (broad SMARTS) is 2. The highest BCUT2D eigenvalue weighted by atomic mass is 16.4. The predicted molar refractivity (Wildman–Crippen MR) is 90.2 cm³/mol. The highest BCUT2D eigenvalue weighted by molar-refractivity contribution is 5.95. The molecule has 10 N–H and O–H groups in total. The van der Waals surface area contributed by atoms with E-state index in [2.05, 4.69) is 10.6 Å². The molecule has 0 aliphatic heterocycles. The summed E-state index contributed by atoms with van der Waals surface area (Å²) < 4.78 is 0. The molecule has 3 unspecified atom stereocenters. The van der Waals surface area contributed by atoms with E-state index in [-0.39, 0.29) is 6.42 Å². The van der Waals surface area contributed by atoms with E-state index in [4.69, 9.17) is 26.8 Å². The van der Waals surface area contributed by atoms with Crippen LogP contribution in [0.15, 0.2) is 0 Å². The summed E-state index contributed by atoms with van der Waals surface area (Å²) in [5.41, 5.74) is 10.5. The maximum atomic E-state index is 12.1. The lowest BCUT2D eigenvalue weighted by atomic mass is 10.1. The zero-order chi connectivity index (χ0) is 21.9. The Kier molecular flexibility index (Phi) is 10.8. The number of hydrogen-bond acceptors (Lipinski definition) is 8. The van der Waals surface area contributed by atoms with Crippen LogP contribution in [0, 0.1) is 0 Å². The minimum Gasteiger partial charge on any atom is -0.481 e. The van der Waals surface area contributed by atoms with E-state index in [1.54, 1.807) is 0 Å². The van der Waals surface area contributed by atoms with Crippen molar-refractivity contribution in [2.24, 2.45) is 11.5 Å². The molecule has 0 radical (unpaired) electrons. The molecule has 0 spiro atoms. The second-order valence-electron chi connectivity index (χ2n) is 5.63. The van der Waals surface area contributed by atoms with Crippen LogP contribution in [-0.2, 0) is 28.8 Å². The molecule has 4 amide bonds. The quantitative estimate of drug-likeness (QED) is 0.145. The first-order valence-electron chi connectivity index (χ1n) is 7.94. The first-order chi connectivity index (χ1) is 13.0. The van der Waals surface area contributed by atoms with Crippen LogP contribution in [0.4, 0.5) is 0 Å². The van der Waals surface area contributed by atoms with E-state index >= 15 is 0 Å². The highest BCUT2D eigenvalue weighted by Crippen LogP contribution is 1.98. The molecule has 0 aromatic carbocycles. The molecule has 0 aromatic rings. The molecule has 28 heavy (non-hydrogen) atoms. The van der Waals surface area contributed by atoms with Crippen molar-refractivity contribution in [1.29, 1.82) is 0 Å². The van der Waals surface area contributed by atoms with Crippen molar-refractivity contribution in [3.63, 3.8) is 0 Å². The lowest BCUT2D eigenvalue weighted by molar-refractivity contribution is -0.143.